The van der Waals surface area contributed by atoms with Crippen molar-refractivity contribution in [2.75, 3.05) is 40.1 Å². The van der Waals surface area contributed by atoms with Crippen LogP contribution in [-0.2, 0) is 20.6 Å². The summed E-state index contributed by atoms with van der Waals surface area (Å²) in [6.07, 6.45) is 11.5. The molecule has 1 aromatic carbocycles. The predicted octanol–water partition coefficient (Wildman–Crippen LogP) is 5.10. The van der Waals surface area contributed by atoms with Crippen molar-refractivity contribution in [1.29, 1.82) is 0 Å². The van der Waals surface area contributed by atoms with Gasteiger partial charge in [0, 0.05) is 20.3 Å². The van der Waals surface area contributed by atoms with Crippen molar-refractivity contribution in [3.63, 3.8) is 0 Å². The zero-order valence-electron chi connectivity index (χ0n) is 17.4. The first-order valence-electron chi connectivity index (χ1n) is 10.6. The van der Waals surface area contributed by atoms with Crippen LogP contribution in [0, 0.1) is 0 Å². The molecule has 154 valence electrons. The number of nitrogens with zero attached hydrogens (tertiary/aromatic N) is 1. The van der Waals surface area contributed by atoms with Crippen LogP contribution in [0.4, 0.5) is 0 Å². The van der Waals surface area contributed by atoms with Crippen molar-refractivity contribution in [3.05, 3.63) is 35.9 Å². The van der Waals surface area contributed by atoms with Crippen LogP contribution in [0.15, 0.2) is 35.3 Å². The molecule has 0 saturated heterocycles. The summed E-state index contributed by atoms with van der Waals surface area (Å²) in [6.45, 7) is 5.60. The van der Waals surface area contributed by atoms with E-state index in [2.05, 4.69) is 43.5 Å². The zero-order chi connectivity index (χ0) is 19.4. The van der Waals surface area contributed by atoms with Crippen molar-refractivity contribution in [2.24, 2.45) is 4.99 Å². The highest BCUT2D eigenvalue weighted by atomic mass is 16.5. The maximum absolute atomic E-state index is 5.81. The van der Waals surface area contributed by atoms with Crippen LogP contribution in [0.1, 0.15) is 57.4 Å². The van der Waals surface area contributed by atoms with Crippen molar-refractivity contribution < 1.29 is 14.2 Å². The molecule has 0 radical (unpaired) electrons. The molecule has 0 bridgehead atoms. The fraction of sp³-hybridized carbons (Fsp3) is 0.696. The molecule has 4 heteroatoms. The SMILES string of the molecule is CCCCCCCC=N[C@H](COCCOCCCOC)Cc1ccccc1. The van der Waals surface area contributed by atoms with Gasteiger partial charge in [-0.15, -0.1) is 0 Å². The Morgan fingerprint density at radius 1 is 0.889 bits per heavy atom. The second kappa shape index (κ2) is 18.1. The van der Waals surface area contributed by atoms with Gasteiger partial charge in [-0.05, 0) is 37.5 Å². The number of benzene rings is 1. The standard InChI is InChI=1S/C23H39NO3/c1-3-4-5-6-7-11-15-24-23(20-22-13-9-8-10-14-22)21-27-19-18-26-17-12-16-25-2/h8-10,13-15,23H,3-7,11-12,16-21H2,1-2H3/t23-/m0/s1. The summed E-state index contributed by atoms with van der Waals surface area (Å²) >= 11 is 0. The van der Waals surface area contributed by atoms with E-state index in [4.69, 9.17) is 19.2 Å². The highest BCUT2D eigenvalue weighted by Crippen LogP contribution is 2.08. The van der Waals surface area contributed by atoms with Crippen LogP contribution in [-0.4, -0.2) is 52.4 Å². The molecule has 0 saturated carbocycles. The third-order valence-corrected chi connectivity index (χ3v) is 4.39. The molecule has 0 N–H and O–H groups in total. The molecule has 0 amide bonds. The number of rotatable bonds is 18. The minimum absolute atomic E-state index is 0.177. The average Bonchev–Trinajstić information content (AvgIpc) is 2.69. The Hall–Kier alpha value is -1.23. The van der Waals surface area contributed by atoms with Crippen molar-refractivity contribution >= 4 is 6.21 Å². The lowest BCUT2D eigenvalue weighted by Crippen LogP contribution is -2.19. The average molecular weight is 378 g/mol. The van der Waals surface area contributed by atoms with E-state index >= 15 is 0 Å². The van der Waals surface area contributed by atoms with E-state index in [1.807, 2.05) is 0 Å². The minimum Gasteiger partial charge on any atom is -0.385 e. The van der Waals surface area contributed by atoms with E-state index in [0.29, 0.717) is 19.8 Å². The monoisotopic (exact) mass is 377 g/mol. The lowest BCUT2D eigenvalue weighted by atomic mass is 10.1. The fourth-order valence-corrected chi connectivity index (χ4v) is 2.85. The third kappa shape index (κ3) is 14.5. The van der Waals surface area contributed by atoms with Gasteiger partial charge in [-0.3, -0.25) is 4.99 Å². The minimum atomic E-state index is 0.177. The number of aliphatic imine (C=N–C) groups is 1. The second-order valence-corrected chi connectivity index (χ2v) is 6.91. The summed E-state index contributed by atoms with van der Waals surface area (Å²) in [4.78, 5) is 4.79. The first-order valence-corrected chi connectivity index (χ1v) is 10.6. The first kappa shape index (κ1) is 23.8. The molecule has 0 aliphatic rings. The largest absolute Gasteiger partial charge is 0.385 e. The molecule has 0 spiro atoms. The molecule has 4 nitrogen and oxygen atoms in total. The van der Waals surface area contributed by atoms with E-state index in [1.165, 1.54) is 37.7 Å². The van der Waals surface area contributed by atoms with E-state index in [1.54, 1.807) is 7.11 Å². The summed E-state index contributed by atoms with van der Waals surface area (Å²) in [7, 11) is 1.71. The van der Waals surface area contributed by atoms with Crippen LogP contribution in [0.2, 0.25) is 0 Å². The molecule has 1 rings (SSSR count). The van der Waals surface area contributed by atoms with Crippen LogP contribution in [0.5, 0.6) is 0 Å². The molecule has 1 aromatic rings. The Kier molecular flexibility index (Phi) is 16.0. The quantitative estimate of drug-likeness (QED) is 0.264. The van der Waals surface area contributed by atoms with Gasteiger partial charge in [0.15, 0.2) is 0 Å². The van der Waals surface area contributed by atoms with Crippen molar-refractivity contribution in [2.45, 2.75) is 64.3 Å². The highest BCUT2D eigenvalue weighted by molar-refractivity contribution is 5.57. The summed E-state index contributed by atoms with van der Waals surface area (Å²) in [6, 6.07) is 10.7. The molecule has 0 heterocycles. The lowest BCUT2D eigenvalue weighted by molar-refractivity contribution is 0.0358. The van der Waals surface area contributed by atoms with Crippen LogP contribution in [0.25, 0.3) is 0 Å². The van der Waals surface area contributed by atoms with E-state index in [-0.39, 0.29) is 6.04 Å². The molecular weight excluding hydrogens is 338 g/mol. The van der Waals surface area contributed by atoms with Gasteiger partial charge < -0.3 is 14.2 Å². The highest BCUT2D eigenvalue weighted by Gasteiger charge is 2.08. The Morgan fingerprint density at radius 2 is 1.67 bits per heavy atom. The maximum atomic E-state index is 5.81. The van der Waals surface area contributed by atoms with Gasteiger partial charge in [0.2, 0.25) is 0 Å². The smallest absolute Gasteiger partial charge is 0.0769 e. The Balaban J connectivity index is 2.26. The van der Waals surface area contributed by atoms with E-state index in [9.17, 15) is 0 Å². The molecule has 27 heavy (non-hydrogen) atoms. The Morgan fingerprint density at radius 3 is 2.44 bits per heavy atom. The summed E-state index contributed by atoms with van der Waals surface area (Å²) in [5, 5.41) is 0. The van der Waals surface area contributed by atoms with Gasteiger partial charge in [0.1, 0.15) is 0 Å². The third-order valence-electron chi connectivity index (χ3n) is 4.39. The normalized spacial score (nSPS) is 12.7. The molecule has 0 aromatic heterocycles. The number of hydrogen-bond acceptors (Lipinski definition) is 4. The summed E-state index contributed by atoms with van der Waals surface area (Å²) < 4.78 is 16.4. The van der Waals surface area contributed by atoms with Gasteiger partial charge in [-0.1, -0.05) is 62.9 Å². The Bertz CT molecular complexity index is 450. The van der Waals surface area contributed by atoms with Gasteiger partial charge in [-0.2, -0.15) is 0 Å². The molecule has 0 unspecified atom stereocenters. The summed E-state index contributed by atoms with van der Waals surface area (Å²) in [5.41, 5.74) is 1.31. The number of hydrogen-bond donors (Lipinski definition) is 0. The molecule has 0 fully saturated rings. The van der Waals surface area contributed by atoms with Gasteiger partial charge in [0.05, 0.1) is 25.9 Å². The molecular formula is C23H39NO3. The number of unbranched alkanes of at least 4 members (excludes halogenated alkanes) is 5. The second-order valence-electron chi connectivity index (χ2n) is 6.91. The van der Waals surface area contributed by atoms with Crippen LogP contribution >= 0.6 is 0 Å². The van der Waals surface area contributed by atoms with E-state index in [0.717, 1.165) is 32.5 Å². The number of methoxy groups -OCH3 is 1. The van der Waals surface area contributed by atoms with Gasteiger partial charge >= 0.3 is 0 Å². The lowest BCUT2D eigenvalue weighted by Gasteiger charge is -2.13. The maximum Gasteiger partial charge on any atom is 0.0769 e. The fourth-order valence-electron chi connectivity index (χ4n) is 2.85. The predicted molar refractivity (Wildman–Crippen MR) is 114 cm³/mol. The molecule has 0 aliphatic heterocycles. The molecule has 1 atom stereocenters. The van der Waals surface area contributed by atoms with Gasteiger partial charge in [0.25, 0.3) is 0 Å². The first-order chi connectivity index (χ1) is 13.4. The summed E-state index contributed by atoms with van der Waals surface area (Å²) in [5.74, 6) is 0. The van der Waals surface area contributed by atoms with Crippen LogP contribution in [0.3, 0.4) is 0 Å². The van der Waals surface area contributed by atoms with Gasteiger partial charge in [-0.25, -0.2) is 0 Å². The Labute approximate surface area is 166 Å². The topological polar surface area (TPSA) is 40.0 Å². The van der Waals surface area contributed by atoms with E-state index < -0.39 is 0 Å². The van der Waals surface area contributed by atoms with Crippen LogP contribution < -0.4 is 0 Å². The number of ether oxygens (including phenoxy) is 3. The molecule has 0 aliphatic carbocycles. The van der Waals surface area contributed by atoms with Crippen molar-refractivity contribution in [3.8, 4) is 0 Å². The zero-order valence-corrected chi connectivity index (χ0v) is 17.4. The van der Waals surface area contributed by atoms with Crippen molar-refractivity contribution in [1.82, 2.24) is 0 Å².